The number of rotatable bonds is 6. The number of fused-ring (bicyclic) bond motifs is 2. The van der Waals surface area contributed by atoms with Gasteiger partial charge >= 0.3 is 0 Å². The highest BCUT2D eigenvalue weighted by Crippen LogP contribution is 2.57. The highest BCUT2D eigenvalue weighted by atomic mass is 32.2. The van der Waals surface area contributed by atoms with E-state index in [9.17, 15) is 13.2 Å². The summed E-state index contributed by atoms with van der Waals surface area (Å²) in [6, 6.07) is 5.53. The average molecular weight is 523 g/mol. The van der Waals surface area contributed by atoms with E-state index in [4.69, 9.17) is 4.98 Å². The zero-order valence-electron chi connectivity index (χ0n) is 22.2. The Morgan fingerprint density at radius 3 is 2.38 bits per heavy atom. The standard InChI is InChI=1S/C29H38N4O3S/c1-18(2)20-8-10-22(11-9-20)37(35,36)23-12-13-25(19(3)16-23)31-28-30-17-24-26(32-28)33(21-6-4-5-7-21)27(34)29(24)14-15-29/h12-13,16-18,20-22H,4-11,14-15H2,1-3H3,(H,30,31,32)/t20-,22-. The predicted molar refractivity (Wildman–Crippen MR) is 145 cm³/mol. The minimum atomic E-state index is -3.36. The first kappa shape index (κ1) is 24.8. The Morgan fingerprint density at radius 1 is 1.05 bits per heavy atom. The van der Waals surface area contributed by atoms with Gasteiger partial charge in [-0.25, -0.2) is 13.4 Å². The lowest BCUT2D eigenvalue weighted by molar-refractivity contribution is -0.120. The van der Waals surface area contributed by atoms with Gasteiger partial charge in [0.25, 0.3) is 0 Å². The second-order valence-electron chi connectivity index (χ2n) is 12.1. The van der Waals surface area contributed by atoms with E-state index in [0.29, 0.717) is 22.7 Å². The van der Waals surface area contributed by atoms with Crippen LogP contribution in [-0.2, 0) is 20.0 Å². The molecule has 6 rings (SSSR count). The van der Waals surface area contributed by atoms with Gasteiger partial charge in [-0.1, -0.05) is 26.7 Å². The molecule has 4 aliphatic rings. The number of nitrogens with zero attached hydrogens (tertiary/aromatic N) is 3. The lowest BCUT2D eigenvalue weighted by atomic mass is 9.81. The molecule has 1 spiro atoms. The molecule has 0 saturated heterocycles. The molecule has 3 aliphatic carbocycles. The maximum atomic E-state index is 13.4. The van der Waals surface area contributed by atoms with Crippen molar-refractivity contribution in [3.63, 3.8) is 0 Å². The topological polar surface area (TPSA) is 92.3 Å². The van der Waals surface area contributed by atoms with Gasteiger partial charge in [-0.2, -0.15) is 4.98 Å². The van der Waals surface area contributed by atoms with Crippen molar-refractivity contribution in [3.8, 4) is 0 Å². The van der Waals surface area contributed by atoms with E-state index < -0.39 is 15.3 Å². The largest absolute Gasteiger partial charge is 0.324 e. The minimum Gasteiger partial charge on any atom is -0.324 e. The molecule has 0 atom stereocenters. The van der Waals surface area contributed by atoms with Gasteiger partial charge in [-0.15, -0.1) is 0 Å². The van der Waals surface area contributed by atoms with Gasteiger partial charge in [0.2, 0.25) is 11.9 Å². The van der Waals surface area contributed by atoms with Crippen molar-refractivity contribution in [2.45, 2.75) is 107 Å². The maximum Gasteiger partial charge on any atom is 0.239 e. The molecule has 1 aromatic heterocycles. The Bertz CT molecular complexity index is 1320. The summed E-state index contributed by atoms with van der Waals surface area (Å²) in [5.41, 5.74) is 2.19. The van der Waals surface area contributed by atoms with Gasteiger partial charge in [0.05, 0.1) is 15.6 Å². The molecule has 1 aliphatic heterocycles. The zero-order valence-corrected chi connectivity index (χ0v) is 23.0. The number of nitrogens with one attached hydrogen (secondary N) is 1. The molecule has 37 heavy (non-hydrogen) atoms. The van der Waals surface area contributed by atoms with Crippen LogP contribution in [0.25, 0.3) is 0 Å². The summed E-state index contributed by atoms with van der Waals surface area (Å²) in [5.74, 6) is 2.64. The monoisotopic (exact) mass is 522 g/mol. The first-order chi connectivity index (χ1) is 17.7. The number of sulfone groups is 1. The number of anilines is 3. The second-order valence-corrected chi connectivity index (χ2v) is 14.3. The van der Waals surface area contributed by atoms with Crippen LogP contribution in [0.2, 0.25) is 0 Å². The molecule has 198 valence electrons. The minimum absolute atomic E-state index is 0.203. The molecule has 3 fully saturated rings. The fraction of sp³-hybridized carbons (Fsp3) is 0.621. The van der Waals surface area contributed by atoms with Gasteiger partial charge in [0.1, 0.15) is 5.82 Å². The van der Waals surface area contributed by atoms with Crippen LogP contribution in [0.1, 0.15) is 89.2 Å². The van der Waals surface area contributed by atoms with Gasteiger partial charge in [-0.05, 0) is 93.9 Å². The van der Waals surface area contributed by atoms with Crippen LogP contribution in [0.5, 0.6) is 0 Å². The number of aryl methyl sites for hydroxylation is 1. The van der Waals surface area contributed by atoms with Crippen molar-refractivity contribution in [2.75, 3.05) is 10.2 Å². The summed E-state index contributed by atoms with van der Waals surface area (Å²) in [7, 11) is -3.36. The summed E-state index contributed by atoms with van der Waals surface area (Å²) in [4.78, 5) is 25.1. The Balaban J connectivity index is 1.22. The van der Waals surface area contributed by atoms with E-state index in [0.717, 1.165) is 86.8 Å². The number of aromatic nitrogens is 2. The normalized spacial score (nSPS) is 25.2. The van der Waals surface area contributed by atoms with Crippen molar-refractivity contribution in [3.05, 3.63) is 35.5 Å². The summed E-state index contributed by atoms with van der Waals surface area (Å²) < 4.78 is 26.8. The van der Waals surface area contributed by atoms with E-state index >= 15 is 0 Å². The van der Waals surface area contributed by atoms with Crippen LogP contribution in [0.4, 0.5) is 17.5 Å². The Kier molecular flexibility index (Phi) is 6.09. The fourth-order valence-electron chi connectivity index (χ4n) is 6.84. The summed E-state index contributed by atoms with van der Waals surface area (Å²) in [5, 5.41) is 3.00. The third-order valence-electron chi connectivity index (χ3n) is 9.45. The second kappa shape index (κ2) is 9.07. The van der Waals surface area contributed by atoms with Crippen LogP contribution in [0, 0.1) is 18.8 Å². The van der Waals surface area contributed by atoms with E-state index in [1.807, 2.05) is 24.1 Å². The number of hydrogen-bond acceptors (Lipinski definition) is 6. The molecule has 1 aromatic carbocycles. The van der Waals surface area contributed by atoms with Crippen LogP contribution in [-0.4, -0.2) is 35.6 Å². The lowest BCUT2D eigenvalue weighted by Crippen LogP contribution is -2.39. The van der Waals surface area contributed by atoms with Crippen molar-refractivity contribution in [1.82, 2.24) is 9.97 Å². The molecule has 3 saturated carbocycles. The third kappa shape index (κ3) is 4.16. The van der Waals surface area contributed by atoms with Gasteiger partial charge in [0, 0.05) is 23.5 Å². The Hall–Kier alpha value is -2.48. The number of amides is 1. The molecule has 7 nitrogen and oxygen atoms in total. The predicted octanol–water partition coefficient (Wildman–Crippen LogP) is 5.84. The van der Waals surface area contributed by atoms with Crippen LogP contribution in [0.15, 0.2) is 29.3 Å². The molecule has 0 unspecified atom stereocenters. The van der Waals surface area contributed by atoms with Crippen molar-refractivity contribution in [1.29, 1.82) is 0 Å². The van der Waals surface area contributed by atoms with Crippen LogP contribution >= 0.6 is 0 Å². The maximum absolute atomic E-state index is 13.4. The quantitative estimate of drug-likeness (QED) is 0.513. The fourth-order valence-corrected chi connectivity index (χ4v) is 8.71. The Labute approximate surface area is 220 Å². The van der Waals surface area contributed by atoms with Gasteiger partial charge in [0.15, 0.2) is 9.84 Å². The number of carbonyl (C=O) groups excluding carboxylic acids is 1. The van der Waals surface area contributed by atoms with Gasteiger partial charge in [-0.3, -0.25) is 9.69 Å². The van der Waals surface area contributed by atoms with Crippen LogP contribution in [0.3, 0.4) is 0 Å². The summed E-state index contributed by atoms with van der Waals surface area (Å²) in [6.07, 6.45) is 11.4. The highest BCUT2D eigenvalue weighted by Gasteiger charge is 2.61. The average Bonchev–Trinajstić information content (AvgIpc) is 3.45. The smallest absolute Gasteiger partial charge is 0.239 e. The Morgan fingerprint density at radius 2 is 1.76 bits per heavy atom. The first-order valence-electron chi connectivity index (χ1n) is 14.0. The summed E-state index contributed by atoms with van der Waals surface area (Å²) in [6.45, 7) is 6.37. The molecular weight excluding hydrogens is 484 g/mol. The molecule has 2 aromatic rings. The van der Waals surface area contributed by atoms with E-state index in [2.05, 4.69) is 24.1 Å². The molecular formula is C29H38N4O3S. The summed E-state index contributed by atoms with van der Waals surface area (Å²) >= 11 is 0. The molecule has 1 amide bonds. The van der Waals surface area contributed by atoms with Gasteiger partial charge < -0.3 is 5.32 Å². The third-order valence-corrected chi connectivity index (χ3v) is 11.7. The highest BCUT2D eigenvalue weighted by molar-refractivity contribution is 7.92. The van der Waals surface area contributed by atoms with E-state index in [1.165, 1.54) is 0 Å². The SMILES string of the molecule is Cc1cc(S(=O)(=O)[C@H]2CC[C@H](C(C)C)CC2)ccc1Nc1ncc2c(n1)N(C1CCCC1)C(=O)C21CC1. The molecule has 2 heterocycles. The van der Waals surface area contributed by atoms with Crippen molar-refractivity contribution >= 4 is 33.2 Å². The van der Waals surface area contributed by atoms with E-state index in [1.54, 1.807) is 12.1 Å². The number of benzene rings is 1. The van der Waals surface area contributed by atoms with Crippen LogP contribution < -0.4 is 10.2 Å². The molecule has 8 heteroatoms. The first-order valence-corrected chi connectivity index (χ1v) is 15.6. The lowest BCUT2D eigenvalue weighted by Gasteiger charge is -2.30. The van der Waals surface area contributed by atoms with Crippen molar-refractivity contribution < 1.29 is 13.2 Å². The molecule has 0 radical (unpaired) electrons. The van der Waals surface area contributed by atoms with E-state index in [-0.39, 0.29) is 17.2 Å². The van der Waals surface area contributed by atoms with Crippen molar-refractivity contribution in [2.24, 2.45) is 11.8 Å². The molecule has 0 bridgehead atoms. The zero-order chi connectivity index (χ0) is 25.9. The molecule has 1 N–H and O–H groups in total. The number of carbonyl (C=O) groups is 1. The number of hydrogen-bond donors (Lipinski definition) is 1.